The SMILES string of the molecule is CCCCC(CCC)Nc1nc(C2CC2)nc(NN)c1C. The Hall–Kier alpha value is -1.36. The van der Waals surface area contributed by atoms with Crippen molar-refractivity contribution in [3.8, 4) is 0 Å². The van der Waals surface area contributed by atoms with E-state index in [1.54, 1.807) is 0 Å². The van der Waals surface area contributed by atoms with Crippen LogP contribution in [-0.4, -0.2) is 16.0 Å². The van der Waals surface area contributed by atoms with Crippen molar-refractivity contribution in [2.45, 2.75) is 77.7 Å². The Morgan fingerprint density at radius 1 is 1.14 bits per heavy atom. The molecule has 1 heterocycles. The van der Waals surface area contributed by atoms with E-state index >= 15 is 0 Å². The van der Waals surface area contributed by atoms with Gasteiger partial charge in [0.2, 0.25) is 0 Å². The Kier molecular flexibility index (Phi) is 5.79. The zero-order valence-corrected chi connectivity index (χ0v) is 13.6. The van der Waals surface area contributed by atoms with E-state index < -0.39 is 0 Å². The Labute approximate surface area is 128 Å². The van der Waals surface area contributed by atoms with E-state index in [4.69, 9.17) is 10.8 Å². The lowest BCUT2D eigenvalue weighted by Gasteiger charge is -2.21. The van der Waals surface area contributed by atoms with Crippen LogP contribution in [-0.2, 0) is 0 Å². The topological polar surface area (TPSA) is 75.9 Å². The average Bonchev–Trinajstić information content (AvgIpc) is 3.31. The molecule has 0 saturated heterocycles. The fraction of sp³-hybridized carbons (Fsp3) is 0.750. The number of nitrogens with one attached hydrogen (secondary N) is 2. The van der Waals surface area contributed by atoms with E-state index in [9.17, 15) is 0 Å². The van der Waals surface area contributed by atoms with Crippen LogP contribution in [0.1, 0.15) is 76.1 Å². The smallest absolute Gasteiger partial charge is 0.148 e. The number of anilines is 2. The van der Waals surface area contributed by atoms with Crippen molar-refractivity contribution in [2.24, 2.45) is 5.84 Å². The molecule has 1 unspecified atom stereocenters. The summed E-state index contributed by atoms with van der Waals surface area (Å²) in [6.07, 6.45) is 8.42. The fourth-order valence-corrected chi connectivity index (χ4v) is 2.62. The summed E-state index contributed by atoms with van der Waals surface area (Å²) in [5, 5.41) is 3.63. The van der Waals surface area contributed by atoms with Crippen LogP contribution in [0.15, 0.2) is 0 Å². The molecule has 5 heteroatoms. The van der Waals surface area contributed by atoms with Crippen LogP contribution in [0.2, 0.25) is 0 Å². The first-order valence-corrected chi connectivity index (χ1v) is 8.31. The Morgan fingerprint density at radius 3 is 2.43 bits per heavy atom. The molecule has 0 aromatic carbocycles. The molecule has 118 valence electrons. The van der Waals surface area contributed by atoms with E-state index in [0.717, 1.165) is 23.0 Å². The highest BCUT2D eigenvalue weighted by molar-refractivity contribution is 5.57. The van der Waals surface area contributed by atoms with Crippen molar-refractivity contribution in [1.82, 2.24) is 9.97 Å². The highest BCUT2D eigenvalue weighted by atomic mass is 15.3. The summed E-state index contributed by atoms with van der Waals surface area (Å²) in [6.45, 7) is 6.49. The minimum absolute atomic E-state index is 0.487. The summed E-state index contributed by atoms with van der Waals surface area (Å²) in [5.74, 6) is 8.77. The predicted octanol–water partition coefficient (Wildman–Crippen LogP) is 3.72. The quantitative estimate of drug-likeness (QED) is 0.477. The minimum Gasteiger partial charge on any atom is -0.367 e. The maximum Gasteiger partial charge on any atom is 0.148 e. The molecule has 1 aliphatic carbocycles. The molecule has 0 spiro atoms. The third-order valence-corrected chi connectivity index (χ3v) is 4.13. The van der Waals surface area contributed by atoms with Crippen molar-refractivity contribution < 1.29 is 0 Å². The number of hydrazine groups is 1. The van der Waals surface area contributed by atoms with E-state index in [-0.39, 0.29) is 0 Å². The molecular weight excluding hydrogens is 262 g/mol. The van der Waals surface area contributed by atoms with Crippen LogP contribution < -0.4 is 16.6 Å². The van der Waals surface area contributed by atoms with Crippen molar-refractivity contribution in [3.63, 3.8) is 0 Å². The summed E-state index contributed by atoms with van der Waals surface area (Å²) in [7, 11) is 0. The molecule has 1 aromatic rings. The lowest BCUT2D eigenvalue weighted by molar-refractivity contribution is 0.562. The predicted molar refractivity (Wildman–Crippen MR) is 88.4 cm³/mol. The van der Waals surface area contributed by atoms with Gasteiger partial charge in [0, 0.05) is 17.5 Å². The number of rotatable bonds is 9. The van der Waals surface area contributed by atoms with Crippen LogP contribution >= 0.6 is 0 Å². The average molecular weight is 291 g/mol. The second-order valence-electron chi connectivity index (χ2n) is 6.09. The third kappa shape index (κ3) is 4.30. The number of hydrogen-bond donors (Lipinski definition) is 3. The van der Waals surface area contributed by atoms with Gasteiger partial charge in [-0.05, 0) is 32.6 Å². The molecular formula is C16H29N5. The normalized spacial score (nSPS) is 15.8. The van der Waals surface area contributed by atoms with Gasteiger partial charge in [-0.3, -0.25) is 0 Å². The fourth-order valence-electron chi connectivity index (χ4n) is 2.62. The zero-order chi connectivity index (χ0) is 15.2. The Morgan fingerprint density at radius 2 is 1.86 bits per heavy atom. The van der Waals surface area contributed by atoms with Crippen molar-refractivity contribution in [1.29, 1.82) is 0 Å². The highest BCUT2D eigenvalue weighted by Crippen LogP contribution is 2.39. The summed E-state index contributed by atoms with van der Waals surface area (Å²) < 4.78 is 0. The molecule has 0 radical (unpaired) electrons. The largest absolute Gasteiger partial charge is 0.367 e. The van der Waals surface area contributed by atoms with Gasteiger partial charge in [-0.25, -0.2) is 15.8 Å². The van der Waals surface area contributed by atoms with Gasteiger partial charge < -0.3 is 10.7 Å². The first-order chi connectivity index (χ1) is 10.2. The van der Waals surface area contributed by atoms with Crippen LogP contribution in [0, 0.1) is 6.92 Å². The van der Waals surface area contributed by atoms with Crippen LogP contribution in [0.5, 0.6) is 0 Å². The van der Waals surface area contributed by atoms with Crippen molar-refractivity contribution in [2.75, 3.05) is 10.7 Å². The molecule has 1 saturated carbocycles. The molecule has 1 fully saturated rings. The highest BCUT2D eigenvalue weighted by Gasteiger charge is 2.28. The summed E-state index contributed by atoms with van der Waals surface area (Å²) >= 11 is 0. The third-order valence-electron chi connectivity index (χ3n) is 4.13. The van der Waals surface area contributed by atoms with Crippen LogP contribution in [0.25, 0.3) is 0 Å². The van der Waals surface area contributed by atoms with Gasteiger partial charge in [0.05, 0.1) is 0 Å². The van der Waals surface area contributed by atoms with Gasteiger partial charge in [0.1, 0.15) is 17.5 Å². The maximum atomic E-state index is 5.61. The van der Waals surface area contributed by atoms with Crippen molar-refractivity contribution in [3.05, 3.63) is 11.4 Å². The number of hydrogen-bond acceptors (Lipinski definition) is 5. The van der Waals surface area contributed by atoms with Gasteiger partial charge in [-0.2, -0.15) is 0 Å². The first-order valence-electron chi connectivity index (χ1n) is 8.31. The standard InChI is InChI=1S/C16H29N5/c1-4-6-8-13(7-5-2)18-14-11(3)15(21-17)20-16(19-14)12-9-10-12/h12-13H,4-10,17H2,1-3H3,(H2,18,19,20,21). The van der Waals surface area contributed by atoms with Gasteiger partial charge in [-0.1, -0.05) is 33.1 Å². The van der Waals surface area contributed by atoms with Gasteiger partial charge >= 0.3 is 0 Å². The molecule has 1 aliphatic rings. The van der Waals surface area contributed by atoms with Crippen LogP contribution in [0.3, 0.4) is 0 Å². The second kappa shape index (κ2) is 7.59. The molecule has 2 rings (SSSR count). The minimum atomic E-state index is 0.487. The van der Waals surface area contributed by atoms with E-state index in [2.05, 4.69) is 29.6 Å². The number of nitrogens with zero attached hydrogens (tertiary/aromatic N) is 2. The van der Waals surface area contributed by atoms with Gasteiger partial charge in [0.15, 0.2) is 0 Å². The number of nitrogen functional groups attached to an aromatic ring is 1. The lowest BCUT2D eigenvalue weighted by atomic mass is 10.0. The number of unbranched alkanes of at least 4 members (excludes halogenated alkanes) is 1. The maximum absolute atomic E-state index is 5.61. The molecule has 1 atom stereocenters. The lowest BCUT2D eigenvalue weighted by Crippen LogP contribution is -2.22. The summed E-state index contributed by atoms with van der Waals surface area (Å²) in [6, 6.07) is 0.487. The van der Waals surface area contributed by atoms with Crippen LogP contribution in [0.4, 0.5) is 11.6 Å². The Balaban J connectivity index is 2.17. The van der Waals surface area contributed by atoms with Gasteiger partial charge in [0.25, 0.3) is 0 Å². The van der Waals surface area contributed by atoms with E-state index in [1.165, 1.54) is 44.9 Å². The van der Waals surface area contributed by atoms with Gasteiger partial charge in [-0.15, -0.1) is 0 Å². The summed E-state index contributed by atoms with van der Waals surface area (Å²) in [4.78, 5) is 9.30. The van der Waals surface area contributed by atoms with E-state index in [0.29, 0.717) is 12.0 Å². The number of aromatic nitrogens is 2. The molecule has 1 aromatic heterocycles. The summed E-state index contributed by atoms with van der Waals surface area (Å²) in [5.41, 5.74) is 3.73. The molecule has 0 bridgehead atoms. The second-order valence-corrected chi connectivity index (χ2v) is 6.09. The zero-order valence-electron chi connectivity index (χ0n) is 13.6. The van der Waals surface area contributed by atoms with Crippen molar-refractivity contribution >= 4 is 11.6 Å². The molecule has 0 aliphatic heterocycles. The first kappa shape index (κ1) is 16.0. The molecule has 0 amide bonds. The monoisotopic (exact) mass is 291 g/mol. The van der Waals surface area contributed by atoms with E-state index in [1.807, 2.05) is 6.92 Å². The molecule has 4 N–H and O–H groups in total. The molecule has 5 nitrogen and oxygen atoms in total. The Bertz CT molecular complexity index is 456. The number of nitrogens with two attached hydrogens (primary N) is 1. The molecule has 21 heavy (non-hydrogen) atoms.